The maximum absolute atomic E-state index is 12.4. The molecule has 3 aromatic rings. The second-order valence-corrected chi connectivity index (χ2v) is 8.35. The average molecular weight is 415 g/mol. The highest BCUT2D eigenvalue weighted by molar-refractivity contribution is 7.90. The number of carbonyl (C=O) groups is 1. The first-order valence-electron chi connectivity index (χ1n) is 9.05. The van der Waals surface area contributed by atoms with Crippen molar-refractivity contribution in [1.82, 2.24) is 10.2 Å². The molecule has 0 atom stereocenters. The number of benzene rings is 2. The summed E-state index contributed by atoms with van der Waals surface area (Å²) >= 11 is 0. The van der Waals surface area contributed by atoms with Crippen LogP contribution in [0, 0.1) is 0 Å². The summed E-state index contributed by atoms with van der Waals surface area (Å²) in [6.45, 7) is 2.71. The molecule has 29 heavy (non-hydrogen) atoms. The minimum absolute atomic E-state index is 0.000923. The Bertz CT molecular complexity index is 1090. The van der Waals surface area contributed by atoms with E-state index in [1.807, 2.05) is 0 Å². The fourth-order valence-corrected chi connectivity index (χ4v) is 3.44. The quantitative estimate of drug-likeness (QED) is 0.560. The Morgan fingerprint density at radius 1 is 1.10 bits per heavy atom. The molecular weight excluding hydrogens is 394 g/mol. The number of aromatic nitrogens is 2. The Morgan fingerprint density at radius 2 is 1.83 bits per heavy atom. The molecule has 1 amide bonds. The van der Waals surface area contributed by atoms with Crippen molar-refractivity contribution in [2.75, 3.05) is 18.2 Å². The van der Waals surface area contributed by atoms with Gasteiger partial charge < -0.3 is 9.15 Å². The maximum atomic E-state index is 12.4. The third kappa shape index (κ3) is 5.20. The predicted molar refractivity (Wildman–Crippen MR) is 108 cm³/mol. The van der Waals surface area contributed by atoms with Gasteiger partial charge in [-0.1, -0.05) is 30.6 Å². The highest BCUT2D eigenvalue weighted by Crippen LogP contribution is 2.27. The van der Waals surface area contributed by atoms with E-state index >= 15 is 0 Å². The molecule has 9 heteroatoms. The number of ether oxygens (including phenoxy) is 1. The summed E-state index contributed by atoms with van der Waals surface area (Å²) in [4.78, 5) is 12.5. The van der Waals surface area contributed by atoms with E-state index in [-0.39, 0.29) is 22.4 Å². The molecule has 0 aliphatic carbocycles. The van der Waals surface area contributed by atoms with Crippen LogP contribution in [0.1, 0.15) is 30.1 Å². The van der Waals surface area contributed by atoms with Crippen molar-refractivity contribution < 1.29 is 22.4 Å². The van der Waals surface area contributed by atoms with Crippen LogP contribution < -0.4 is 10.1 Å². The first kappa shape index (κ1) is 20.5. The number of amides is 1. The van der Waals surface area contributed by atoms with E-state index in [0.717, 1.165) is 19.1 Å². The topological polar surface area (TPSA) is 111 Å². The van der Waals surface area contributed by atoms with Crippen LogP contribution in [-0.2, 0) is 9.84 Å². The first-order chi connectivity index (χ1) is 13.9. The second kappa shape index (κ2) is 8.87. The summed E-state index contributed by atoms with van der Waals surface area (Å²) in [5, 5.41) is 10.1. The number of hydrogen-bond acceptors (Lipinski definition) is 7. The van der Waals surface area contributed by atoms with Crippen molar-refractivity contribution in [3.63, 3.8) is 0 Å². The van der Waals surface area contributed by atoms with Gasteiger partial charge in [-0.3, -0.25) is 10.1 Å². The van der Waals surface area contributed by atoms with Crippen LogP contribution in [0.2, 0.25) is 0 Å². The van der Waals surface area contributed by atoms with Crippen molar-refractivity contribution in [2.24, 2.45) is 0 Å². The molecule has 3 rings (SSSR count). The van der Waals surface area contributed by atoms with Gasteiger partial charge in [0, 0.05) is 11.8 Å². The summed E-state index contributed by atoms with van der Waals surface area (Å²) in [5.41, 5.74) is 0.667. The number of nitrogens with one attached hydrogen (secondary N) is 1. The molecule has 0 spiro atoms. The van der Waals surface area contributed by atoms with Gasteiger partial charge in [-0.15, -0.1) is 5.10 Å². The van der Waals surface area contributed by atoms with Gasteiger partial charge in [-0.25, -0.2) is 8.42 Å². The zero-order valence-electron chi connectivity index (χ0n) is 16.1. The van der Waals surface area contributed by atoms with Crippen LogP contribution in [0.25, 0.3) is 11.5 Å². The van der Waals surface area contributed by atoms with E-state index in [1.165, 1.54) is 6.07 Å². The highest BCUT2D eigenvalue weighted by atomic mass is 32.2. The van der Waals surface area contributed by atoms with Gasteiger partial charge in [0.25, 0.3) is 11.8 Å². The Kier molecular flexibility index (Phi) is 6.28. The summed E-state index contributed by atoms with van der Waals surface area (Å²) in [6.07, 6.45) is 3.10. The molecule has 1 N–H and O–H groups in total. The minimum Gasteiger partial charge on any atom is -0.494 e. The number of sulfone groups is 1. The summed E-state index contributed by atoms with van der Waals surface area (Å²) in [7, 11) is -3.48. The fraction of sp³-hybridized carbons (Fsp3) is 0.250. The first-order valence-corrected chi connectivity index (χ1v) is 10.9. The largest absolute Gasteiger partial charge is 0.494 e. The van der Waals surface area contributed by atoms with Crippen LogP contribution in [0.5, 0.6) is 5.75 Å². The van der Waals surface area contributed by atoms with Crippen LogP contribution in [0.4, 0.5) is 6.01 Å². The fourth-order valence-electron chi connectivity index (χ4n) is 2.56. The molecule has 0 aliphatic rings. The molecule has 2 aromatic carbocycles. The monoisotopic (exact) mass is 415 g/mol. The predicted octanol–water partition coefficient (Wildman–Crippen LogP) is 3.57. The third-order valence-corrected chi connectivity index (χ3v) is 5.20. The molecule has 1 aromatic heterocycles. The maximum Gasteiger partial charge on any atom is 0.322 e. The van der Waals surface area contributed by atoms with E-state index in [2.05, 4.69) is 22.4 Å². The number of hydrogen-bond donors (Lipinski definition) is 1. The van der Waals surface area contributed by atoms with Crippen LogP contribution in [0.3, 0.4) is 0 Å². The van der Waals surface area contributed by atoms with Gasteiger partial charge in [0.05, 0.1) is 17.1 Å². The minimum atomic E-state index is -3.48. The van der Waals surface area contributed by atoms with Gasteiger partial charge in [0.15, 0.2) is 9.84 Å². The van der Waals surface area contributed by atoms with Gasteiger partial charge >= 0.3 is 6.01 Å². The summed E-state index contributed by atoms with van der Waals surface area (Å²) in [5.74, 6) is 0.255. The Hall–Kier alpha value is -3.20. The summed E-state index contributed by atoms with van der Waals surface area (Å²) in [6, 6.07) is 12.9. The Balaban J connectivity index is 1.72. The van der Waals surface area contributed by atoms with E-state index < -0.39 is 15.7 Å². The lowest BCUT2D eigenvalue weighted by Gasteiger charge is -2.06. The molecule has 0 radical (unpaired) electrons. The zero-order chi connectivity index (χ0) is 20.9. The lowest BCUT2D eigenvalue weighted by Crippen LogP contribution is -2.12. The molecule has 0 bridgehead atoms. The average Bonchev–Trinajstić information content (AvgIpc) is 3.16. The number of carbonyl (C=O) groups excluding carboxylic acids is 1. The van der Waals surface area contributed by atoms with Crippen molar-refractivity contribution in [2.45, 2.75) is 24.7 Å². The molecule has 0 saturated heterocycles. The molecule has 0 aliphatic heterocycles. The summed E-state index contributed by atoms with van der Waals surface area (Å²) < 4.78 is 34.9. The molecule has 152 valence electrons. The van der Waals surface area contributed by atoms with E-state index in [9.17, 15) is 13.2 Å². The lowest BCUT2D eigenvalue weighted by molar-refractivity contribution is 0.102. The molecular formula is C20H21N3O5S. The smallest absolute Gasteiger partial charge is 0.322 e. The third-order valence-electron chi connectivity index (χ3n) is 4.05. The SMILES string of the molecule is CCCCOc1ccc(C(=O)Nc2nnc(-c3ccccc3S(C)(=O)=O)o2)cc1. The normalized spacial score (nSPS) is 11.2. The standard InChI is InChI=1S/C20H21N3O5S/c1-3-4-13-27-15-11-9-14(10-12-15)18(24)21-20-23-22-19(28-20)16-7-5-6-8-17(16)29(2,25)26/h5-12H,3-4,13H2,1-2H3,(H,21,23,24). The van der Waals surface area contributed by atoms with Gasteiger partial charge in [-0.2, -0.15) is 0 Å². The van der Waals surface area contributed by atoms with E-state index in [4.69, 9.17) is 9.15 Å². The molecule has 0 unspecified atom stereocenters. The molecule has 0 fully saturated rings. The zero-order valence-corrected chi connectivity index (χ0v) is 16.9. The second-order valence-electron chi connectivity index (χ2n) is 6.36. The van der Waals surface area contributed by atoms with Crippen molar-refractivity contribution in [3.05, 3.63) is 54.1 Å². The van der Waals surface area contributed by atoms with Crippen LogP contribution >= 0.6 is 0 Å². The number of rotatable bonds is 8. The van der Waals surface area contributed by atoms with E-state index in [0.29, 0.717) is 17.9 Å². The van der Waals surface area contributed by atoms with Crippen LogP contribution in [-0.4, -0.2) is 37.4 Å². The van der Waals surface area contributed by atoms with Crippen molar-refractivity contribution in [1.29, 1.82) is 0 Å². The van der Waals surface area contributed by atoms with Gasteiger partial charge in [-0.05, 0) is 42.8 Å². The highest BCUT2D eigenvalue weighted by Gasteiger charge is 2.19. The molecule has 1 heterocycles. The van der Waals surface area contributed by atoms with Crippen LogP contribution in [0.15, 0.2) is 57.8 Å². The molecule has 0 saturated carbocycles. The Morgan fingerprint density at radius 3 is 2.52 bits per heavy atom. The van der Waals surface area contributed by atoms with Crippen molar-refractivity contribution in [3.8, 4) is 17.2 Å². The van der Waals surface area contributed by atoms with E-state index in [1.54, 1.807) is 42.5 Å². The van der Waals surface area contributed by atoms with Crippen molar-refractivity contribution >= 4 is 21.8 Å². The number of unbranched alkanes of at least 4 members (excludes halogenated alkanes) is 1. The number of nitrogens with zero attached hydrogens (tertiary/aromatic N) is 2. The Labute approximate surface area is 168 Å². The number of anilines is 1. The van der Waals surface area contributed by atoms with Gasteiger partial charge in [0.1, 0.15) is 5.75 Å². The molecule has 8 nitrogen and oxygen atoms in total. The van der Waals surface area contributed by atoms with Gasteiger partial charge in [0.2, 0.25) is 0 Å². The lowest BCUT2D eigenvalue weighted by atomic mass is 10.2.